The third-order valence-electron chi connectivity index (χ3n) is 2.58. The van der Waals surface area contributed by atoms with Crippen LogP contribution in [0, 0.1) is 6.92 Å². The molecule has 0 saturated heterocycles. The molecule has 1 N–H and O–H groups in total. The quantitative estimate of drug-likeness (QED) is 0.378. The van der Waals surface area contributed by atoms with E-state index in [-0.39, 0.29) is 5.56 Å². The highest BCUT2D eigenvalue weighted by Gasteiger charge is 2.40. The molecule has 0 aliphatic heterocycles. The molecule has 0 fully saturated rings. The lowest BCUT2D eigenvalue weighted by molar-refractivity contribution is -0.276. The summed E-state index contributed by atoms with van der Waals surface area (Å²) < 4.78 is 79.1. The lowest BCUT2D eigenvalue weighted by Crippen LogP contribution is -2.20. The molecule has 136 valence electrons. The Balaban J connectivity index is 2.32. The minimum atomic E-state index is -5.26. The number of aromatic nitrogens is 1. The summed E-state index contributed by atoms with van der Waals surface area (Å²) in [5.41, 5.74) is 1.58. The summed E-state index contributed by atoms with van der Waals surface area (Å²) in [6.45, 7) is 1.75. The number of aryl methyl sites for hydroxylation is 1. The number of rotatable bonds is 4. The van der Waals surface area contributed by atoms with Crippen molar-refractivity contribution in [2.75, 3.05) is 5.43 Å². The molecule has 12 heteroatoms. The molecule has 0 aliphatic carbocycles. The molecule has 1 aromatic heterocycles. The Morgan fingerprint density at radius 2 is 1.92 bits per heavy atom. The first kappa shape index (κ1) is 19.5. The summed E-state index contributed by atoms with van der Waals surface area (Å²) >= 11 is 3.90. The molecular formula is C13H8BrF6N3OS. The third-order valence-corrected chi connectivity index (χ3v) is 4.04. The van der Waals surface area contributed by atoms with Gasteiger partial charge in [-0.05, 0) is 40.5 Å². The van der Waals surface area contributed by atoms with Gasteiger partial charge in [-0.3, -0.25) is 5.43 Å². The molecular weight excluding hydrogens is 440 g/mol. The molecule has 0 saturated carbocycles. The van der Waals surface area contributed by atoms with Crippen LogP contribution in [0.4, 0.5) is 31.5 Å². The van der Waals surface area contributed by atoms with Crippen LogP contribution in [0.1, 0.15) is 16.8 Å². The molecule has 0 amide bonds. The Morgan fingerprint density at radius 3 is 2.44 bits per heavy atom. The van der Waals surface area contributed by atoms with Crippen LogP contribution in [0.3, 0.4) is 0 Å². The Bertz CT molecular complexity index is 787. The summed E-state index contributed by atoms with van der Waals surface area (Å²) in [5, 5.41) is 5.87. The van der Waals surface area contributed by atoms with E-state index in [1.807, 2.05) is 0 Å². The van der Waals surface area contributed by atoms with Gasteiger partial charge in [0.2, 0.25) is 5.13 Å². The van der Waals surface area contributed by atoms with Crippen LogP contribution >= 0.6 is 27.3 Å². The van der Waals surface area contributed by atoms with Crippen molar-refractivity contribution < 1.29 is 31.1 Å². The van der Waals surface area contributed by atoms with E-state index in [2.05, 4.69) is 36.2 Å². The van der Waals surface area contributed by atoms with E-state index >= 15 is 0 Å². The summed E-state index contributed by atoms with van der Waals surface area (Å²) in [4.78, 5) is 4.03. The second kappa shape index (κ2) is 7.20. The maximum absolute atomic E-state index is 13.0. The molecule has 0 bridgehead atoms. The van der Waals surface area contributed by atoms with Crippen LogP contribution in [0.25, 0.3) is 0 Å². The highest BCUT2D eigenvalue weighted by Crippen LogP contribution is 2.43. The third kappa shape index (κ3) is 5.59. The number of hydrazone groups is 1. The van der Waals surface area contributed by atoms with E-state index in [4.69, 9.17) is 0 Å². The Labute approximate surface area is 149 Å². The Morgan fingerprint density at radius 1 is 1.24 bits per heavy atom. The number of ether oxygens (including phenoxy) is 1. The molecule has 4 nitrogen and oxygen atoms in total. The fourth-order valence-electron chi connectivity index (χ4n) is 1.69. The SMILES string of the molecule is Cc1csc(NN=Cc2cc(Br)c(OC(F)(F)F)c(C(F)(F)F)c2)n1. The molecule has 2 aromatic rings. The van der Waals surface area contributed by atoms with Crippen molar-refractivity contribution in [1.29, 1.82) is 0 Å². The van der Waals surface area contributed by atoms with Gasteiger partial charge in [-0.25, -0.2) is 4.98 Å². The van der Waals surface area contributed by atoms with Crippen molar-refractivity contribution in [2.24, 2.45) is 5.10 Å². The molecule has 0 atom stereocenters. The maximum Gasteiger partial charge on any atom is 0.573 e. The summed E-state index contributed by atoms with van der Waals surface area (Å²) in [7, 11) is 0. The van der Waals surface area contributed by atoms with Crippen LogP contribution in [-0.4, -0.2) is 17.6 Å². The van der Waals surface area contributed by atoms with Crippen molar-refractivity contribution in [1.82, 2.24) is 4.98 Å². The largest absolute Gasteiger partial charge is 0.573 e. The van der Waals surface area contributed by atoms with Gasteiger partial charge in [0, 0.05) is 5.38 Å². The van der Waals surface area contributed by atoms with Gasteiger partial charge in [0.25, 0.3) is 0 Å². The summed E-state index contributed by atoms with van der Waals surface area (Å²) in [6.07, 6.45) is -9.29. The molecule has 0 aliphatic rings. The number of hydrogen-bond donors (Lipinski definition) is 1. The van der Waals surface area contributed by atoms with Crippen LogP contribution in [0.5, 0.6) is 5.75 Å². The average Bonchev–Trinajstić information content (AvgIpc) is 2.84. The van der Waals surface area contributed by atoms with Gasteiger partial charge in [-0.2, -0.15) is 18.3 Å². The number of halogens is 7. The van der Waals surface area contributed by atoms with E-state index in [1.165, 1.54) is 11.3 Å². The fraction of sp³-hybridized carbons (Fsp3) is 0.231. The van der Waals surface area contributed by atoms with Crippen LogP contribution in [0.15, 0.2) is 27.1 Å². The van der Waals surface area contributed by atoms with E-state index in [9.17, 15) is 26.3 Å². The van der Waals surface area contributed by atoms with Crippen molar-refractivity contribution >= 4 is 38.6 Å². The van der Waals surface area contributed by atoms with E-state index in [1.54, 1.807) is 12.3 Å². The molecule has 1 aromatic carbocycles. The lowest BCUT2D eigenvalue weighted by Gasteiger charge is -2.17. The van der Waals surface area contributed by atoms with Crippen LogP contribution < -0.4 is 10.2 Å². The highest BCUT2D eigenvalue weighted by atomic mass is 79.9. The van der Waals surface area contributed by atoms with Gasteiger partial charge in [0.1, 0.15) is 0 Å². The van der Waals surface area contributed by atoms with E-state index < -0.39 is 28.3 Å². The minimum Gasteiger partial charge on any atom is -0.404 e. The number of nitrogens with one attached hydrogen (secondary N) is 1. The Hall–Kier alpha value is -1.82. The molecule has 0 unspecified atom stereocenters. The van der Waals surface area contributed by atoms with Gasteiger partial charge in [-0.15, -0.1) is 24.5 Å². The van der Waals surface area contributed by atoms with Crippen LogP contribution in [0.2, 0.25) is 0 Å². The van der Waals surface area contributed by atoms with Crippen molar-refractivity contribution in [3.63, 3.8) is 0 Å². The van der Waals surface area contributed by atoms with Crippen LogP contribution in [-0.2, 0) is 6.18 Å². The zero-order valence-corrected chi connectivity index (χ0v) is 14.6. The molecule has 1 heterocycles. The highest BCUT2D eigenvalue weighted by molar-refractivity contribution is 9.10. The number of nitrogens with zero attached hydrogens (tertiary/aromatic N) is 2. The predicted octanol–water partition coefficient (Wildman–Crippen LogP) is 5.58. The minimum absolute atomic E-state index is 0.0884. The summed E-state index contributed by atoms with van der Waals surface area (Å²) in [6, 6.07) is 1.53. The smallest absolute Gasteiger partial charge is 0.404 e. The first-order chi connectivity index (χ1) is 11.5. The van der Waals surface area contributed by atoms with Crippen molar-refractivity contribution in [2.45, 2.75) is 19.5 Å². The number of alkyl halides is 6. The maximum atomic E-state index is 13.0. The average molecular weight is 448 g/mol. The number of thiazole rings is 1. The van der Waals surface area contributed by atoms with Gasteiger partial charge in [0.05, 0.1) is 21.9 Å². The zero-order chi connectivity index (χ0) is 18.8. The lowest BCUT2D eigenvalue weighted by atomic mass is 10.1. The zero-order valence-electron chi connectivity index (χ0n) is 12.2. The van der Waals surface area contributed by atoms with Gasteiger partial charge >= 0.3 is 12.5 Å². The van der Waals surface area contributed by atoms with Crippen molar-refractivity contribution in [3.8, 4) is 5.75 Å². The van der Waals surface area contributed by atoms with Gasteiger partial charge in [0.15, 0.2) is 5.75 Å². The van der Waals surface area contributed by atoms with Gasteiger partial charge in [-0.1, -0.05) is 0 Å². The summed E-state index contributed by atoms with van der Waals surface area (Å²) in [5.74, 6) is -1.36. The first-order valence-electron chi connectivity index (χ1n) is 6.33. The predicted molar refractivity (Wildman–Crippen MR) is 83.9 cm³/mol. The van der Waals surface area contributed by atoms with Crippen molar-refractivity contribution in [3.05, 3.63) is 38.8 Å². The Kier molecular flexibility index (Phi) is 5.62. The molecule has 2 rings (SSSR count). The number of benzene rings is 1. The number of hydrogen-bond acceptors (Lipinski definition) is 5. The fourth-order valence-corrected chi connectivity index (χ4v) is 2.88. The monoisotopic (exact) mass is 447 g/mol. The van der Waals surface area contributed by atoms with E-state index in [0.717, 1.165) is 18.0 Å². The second-order valence-electron chi connectivity index (χ2n) is 4.59. The number of anilines is 1. The standard InChI is InChI=1S/C13H8BrF6N3OS/c1-6-5-25-11(22-6)23-21-4-7-2-8(12(15,16)17)10(9(14)3-7)24-13(18,19)20/h2-5H,1H3,(H,22,23). The topological polar surface area (TPSA) is 46.5 Å². The second-order valence-corrected chi connectivity index (χ2v) is 6.30. The molecule has 0 spiro atoms. The van der Waals surface area contributed by atoms with Gasteiger partial charge < -0.3 is 4.74 Å². The molecule has 0 radical (unpaired) electrons. The first-order valence-corrected chi connectivity index (χ1v) is 8.00. The molecule has 25 heavy (non-hydrogen) atoms. The van der Waals surface area contributed by atoms with E-state index in [0.29, 0.717) is 11.2 Å². The normalized spacial score (nSPS) is 12.6.